The first-order valence-electron chi connectivity index (χ1n) is 7.81. The summed E-state index contributed by atoms with van der Waals surface area (Å²) in [5.41, 5.74) is 3.95. The summed E-state index contributed by atoms with van der Waals surface area (Å²) in [5, 5.41) is 6.43. The van der Waals surface area contributed by atoms with Crippen molar-refractivity contribution in [1.82, 2.24) is 5.32 Å². The first-order chi connectivity index (χ1) is 10.9. The van der Waals surface area contributed by atoms with Crippen LogP contribution in [0.3, 0.4) is 0 Å². The lowest BCUT2D eigenvalue weighted by Crippen LogP contribution is -2.31. The quantitative estimate of drug-likeness (QED) is 0.746. The van der Waals surface area contributed by atoms with Gasteiger partial charge in [-0.25, -0.2) is 4.79 Å². The van der Waals surface area contributed by atoms with E-state index in [1.807, 2.05) is 26.0 Å². The summed E-state index contributed by atoms with van der Waals surface area (Å²) >= 11 is 6.07. The Morgan fingerprint density at radius 1 is 1.00 bits per heavy atom. The molecule has 2 aromatic carbocycles. The van der Waals surface area contributed by atoms with Gasteiger partial charge < -0.3 is 10.6 Å². The largest absolute Gasteiger partial charge is 0.331 e. The maximum atomic E-state index is 12.2. The first kappa shape index (κ1) is 17.4. The Bertz CT molecular complexity index is 680. The molecule has 0 aliphatic carbocycles. The van der Waals surface area contributed by atoms with Gasteiger partial charge in [-0.3, -0.25) is 0 Å². The highest BCUT2D eigenvalue weighted by molar-refractivity contribution is 6.31. The van der Waals surface area contributed by atoms with Gasteiger partial charge in [0.05, 0.1) is 6.04 Å². The molecule has 0 aromatic heterocycles. The summed E-state index contributed by atoms with van der Waals surface area (Å²) in [6, 6.07) is 13.5. The number of halogens is 1. The highest BCUT2D eigenvalue weighted by atomic mass is 35.5. The van der Waals surface area contributed by atoms with E-state index in [9.17, 15) is 4.79 Å². The molecule has 0 aliphatic rings. The number of hydrogen-bond acceptors (Lipinski definition) is 1. The van der Waals surface area contributed by atoms with E-state index >= 15 is 0 Å². The summed E-state index contributed by atoms with van der Waals surface area (Å²) in [5.74, 6) is 0.501. The Morgan fingerprint density at radius 3 is 2.22 bits per heavy atom. The van der Waals surface area contributed by atoms with Crippen molar-refractivity contribution >= 4 is 23.3 Å². The van der Waals surface area contributed by atoms with Crippen LogP contribution in [0.2, 0.25) is 5.02 Å². The van der Waals surface area contributed by atoms with E-state index in [1.165, 1.54) is 5.56 Å². The van der Waals surface area contributed by atoms with Gasteiger partial charge in [0.2, 0.25) is 0 Å². The molecule has 2 aromatic rings. The number of carbonyl (C=O) groups is 1. The number of nitrogens with one attached hydrogen (secondary N) is 2. The van der Waals surface area contributed by atoms with Crippen molar-refractivity contribution in [2.24, 2.45) is 0 Å². The average Bonchev–Trinajstić information content (AvgIpc) is 2.52. The lowest BCUT2D eigenvalue weighted by Gasteiger charge is -2.17. The van der Waals surface area contributed by atoms with Crippen LogP contribution in [-0.2, 0) is 0 Å². The third-order valence-corrected chi connectivity index (χ3v) is 4.38. The molecule has 0 radical (unpaired) electrons. The second-order valence-electron chi connectivity index (χ2n) is 6.05. The topological polar surface area (TPSA) is 41.1 Å². The lowest BCUT2D eigenvalue weighted by molar-refractivity contribution is 0.249. The van der Waals surface area contributed by atoms with Gasteiger partial charge in [-0.1, -0.05) is 55.8 Å². The van der Waals surface area contributed by atoms with E-state index in [4.69, 9.17) is 11.6 Å². The van der Waals surface area contributed by atoms with E-state index in [2.05, 4.69) is 48.7 Å². The number of carbonyl (C=O) groups excluding carboxylic acids is 1. The van der Waals surface area contributed by atoms with E-state index in [0.29, 0.717) is 10.9 Å². The van der Waals surface area contributed by atoms with Gasteiger partial charge in [0.25, 0.3) is 0 Å². The molecule has 1 atom stereocenters. The third kappa shape index (κ3) is 4.49. The van der Waals surface area contributed by atoms with E-state index in [-0.39, 0.29) is 12.1 Å². The molecule has 0 bridgehead atoms. The maximum Gasteiger partial charge on any atom is 0.319 e. The Labute approximate surface area is 143 Å². The van der Waals surface area contributed by atoms with Crippen molar-refractivity contribution in [2.45, 2.75) is 39.7 Å². The Balaban J connectivity index is 2.00. The molecule has 122 valence electrons. The number of anilines is 1. The van der Waals surface area contributed by atoms with Gasteiger partial charge in [0, 0.05) is 10.7 Å². The average molecular weight is 331 g/mol. The molecule has 3 nitrogen and oxygen atoms in total. The summed E-state index contributed by atoms with van der Waals surface area (Å²) in [6.07, 6.45) is 0. The molecule has 0 heterocycles. The summed E-state index contributed by atoms with van der Waals surface area (Å²) < 4.78 is 0. The van der Waals surface area contributed by atoms with Gasteiger partial charge in [0.15, 0.2) is 0 Å². The van der Waals surface area contributed by atoms with Crippen LogP contribution in [0.25, 0.3) is 0 Å². The van der Waals surface area contributed by atoms with Crippen LogP contribution in [-0.4, -0.2) is 6.03 Å². The predicted molar refractivity (Wildman–Crippen MR) is 97.3 cm³/mol. The molecule has 0 fully saturated rings. The monoisotopic (exact) mass is 330 g/mol. The van der Waals surface area contributed by atoms with Gasteiger partial charge in [0.1, 0.15) is 0 Å². The first-order valence-corrected chi connectivity index (χ1v) is 8.18. The van der Waals surface area contributed by atoms with Crippen LogP contribution < -0.4 is 10.6 Å². The summed E-state index contributed by atoms with van der Waals surface area (Å²) in [6.45, 7) is 8.18. The molecule has 0 saturated carbocycles. The van der Waals surface area contributed by atoms with Crippen molar-refractivity contribution < 1.29 is 4.79 Å². The second-order valence-corrected chi connectivity index (χ2v) is 6.46. The molecule has 0 saturated heterocycles. The van der Waals surface area contributed by atoms with Gasteiger partial charge in [-0.2, -0.15) is 0 Å². The van der Waals surface area contributed by atoms with E-state index < -0.39 is 0 Å². The van der Waals surface area contributed by atoms with Crippen molar-refractivity contribution in [2.75, 3.05) is 5.32 Å². The van der Waals surface area contributed by atoms with Crippen LogP contribution in [0.5, 0.6) is 0 Å². The molecular formula is C19H23ClN2O. The molecule has 2 rings (SSSR count). The van der Waals surface area contributed by atoms with Gasteiger partial charge >= 0.3 is 6.03 Å². The highest BCUT2D eigenvalue weighted by Gasteiger charge is 2.11. The molecule has 0 aliphatic heterocycles. The molecule has 4 heteroatoms. The minimum atomic E-state index is -0.240. The van der Waals surface area contributed by atoms with Gasteiger partial charge in [-0.15, -0.1) is 0 Å². The van der Waals surface area contributed by atoms with Crippen LogP contribution in [0.15, 0.2) is 42.5 Å². The smallest absolute Gasteiger partial charge is 0.319 e. The fraction of sp³-hybridized carbons (Fsp3) is 0.316. The Hall–Kier alpha value is -2.00. The standard InChI is InChI=1S/C19H23ClN2O/c1-12(2)15-8-10-16(11-9-15)14(4)21-19(23)22-18-7-5-6-17(20)13(18)3/h5-12,14H,1-4H3,(H2,21,22,23). The molecule has 1 unspecified atom stereocenters. The second kappa shape index (κ2) is 7.51. The third-order valence-electron chi connectivity index (χ3n) is 3.97. The van der Waals surface area contributed by atoms with Crippen LogP contribution in [0.4, 0.5) is 10.5 Å². The number of hydrogen-bond donors (Lipinski definition) is 2. The van der Waals surface area contributed by atoms with E-state index in [1.54, 1.807) is 6.07 Å². The fourth-order valence-electron chi connectivity index (χ4n) is 2.35. The number of rotatable bonds is 4. The Kier molecular flexibility index (Phi) is 5.67. The summed E-state index contributed by atoms with van der Waals surface area (Å²) in [4.78, 5) is 12.2. The van der Waals surface area contributed by atoms with Crippen LogP contribution in [0.1, 0.15) is 49.4 Å². The van der Waals surface area contributed by atoms with Crippen molar-refractivity contribution in [1.29, 1.82) is 0 Å². The number of amides is 2. The molecular weight excluding hydrogens is 308 g/mol. The maximum absolute atomic E-state index is 12.2. The zero-order valence-electron chi connectivity index (χ0n) is 14.0. The Morgan fingerprint density at radius 2 is 1.61 bits per heavy atom. The van der Waals surface area contributed by atoms with Crippen molar-refractivity contribution in [3.05, 3.63) is 64.2 Å². The number of benzene rings is 2. The van der Waals surface area contributed by atoms with E-state index in [0.717, 1.165) is 16.8 Å². The fourth-order valence-corrected chi connectivity index (χ4v) is 2.53. The van der Waals surface area contributed by atoms with Gasteiger partial charge in [-0.05, 0) is 48.6 Å². The minimum absolute atomic E-state index is 0.0734. The normalized spacial score (nSPS) is 12.1. The summed E-state index contributed by atoms with van der Waals surface area (Å²) in [7, 11) is 0. The SMILES string of the molecule is Cc1c(Cl)cccc1NC(=O)NC(C)c1ccc(C(C)C)cc1. The van der Waals surface area contributed by atoms with Crippen molar-refractivity contribution in [3.8, 4) is 0 Å². The molecule has 2 amide bonds. The lowest BCUT2D eigenvalue weighted by atomic mass is 10.00. The molecule has 2 N–H and O–H groups in total. The molecule has 0 spiro atoms. The highest BCUT2D eigenvalue weighted by Crippen LogP contribution is 2.23. The minimum Gasteiger partial charge on any atom is -0.331 e. The van der Waals surface area contributed by atoms with Crippen molar-refractivity contribution in [3.63, 3.8) is 0 Å². The predicted octanol–water partition coefficient (Wildman–Crippen LogP) is 5.65. The van der Waals surface area contributed by atoms with Crippen LogP contribution >= 0.6 is 11.6 Å². The number of urea groups is 1. The zero-order chi connectivity index (χ0) is 17.0. The molecule has 23 heavy (non-hydrogen) atoms. The zero-order valence-corrected chi connectivity index (χ0v) is 14.7. The van der Waals surface area contributed by atoms with Crippen LogP contribution in [0, 0.1) is 6.92 Å².